The first kappa shape index (κ1) is 10.4. The number of nitrogens with zero attached hydrogens (tertiary/aromatic N) is 1. The van der Waals surface area contributed by atoms with E-state index in [0.29, 0.717) is 13.0 Å². The van der Waals surface area contributed by atoms with Gasteiger partial charge in [-0.15, -0.1) is 0 Å². The summed E-state index contributed by atoms with van der Waals surface area (Å²) < 4.78 is 29.1. The van der Waals surface area contributed by atoms with Crippen molar-refractivity contribution < 1.29 is 18.3 Å². The molecule has 0 N–H and O–H groups in total. The van der Waals surface area contributed by atoms with Gasteiger partial charge in [0.15, 0.2) is 0 Å². The molecule has 1 fully saturated rings. The first-order valence-corrected chi connectivity index (χ1v) is 4.10. The fourth-order valence-electron chi connectivity index (χ4n) is 1.43. The Bertz CT molecular complexity index is 210. The molecule has 1 aliphatic rings. The van der Waals surface area contributed by atoms with Gasteiger partial charge in [-0.2, -0.15) is 8.78 Å². The standard InChI is InChI=1S/C8H13F2NO2/c1-8(13-2)3-4-11(5-8)7(12)6(9)10/h6H,3-5H2,1-2H3. The maximum atomic E-state index is 12.0. The maximum absolute atomic E-state index is 12.0. The van der Waals surface area contributed by atoms with Gasteiger partial charge >= 0.3 is 6.43 Å². The lowest BCUT2D eigenvalue weighted by molar-refractivity contribution is -0.142. The van der Waals surface area contributed by atoms with Crippen molar-refractivity contribution in [2.24, 2.45) is 0 Å². The number of likely N-dealkylation sites (tertiary alicyclic amines) is 1. The molecule has 1 rings (SSSR count). The van der Waals surface area contributed by atoms with Crippen molar-refractivity contribution in [1.82, 2.24) is 4.90 Å². The van der Waals surface area contributed by atoms with Gasteiger partial charge in [0.05, 0.1) is 5.60 Å². The van der Waals surface area contributed by atoms with Crippen LogP contribution in [0.3, 0.4) is 0 Å². The number of amides is 1. The van der Waals surface area contributed by atoms with Crippen molar-refractivity contribution >= 4 is 5.91 Å². The molecule has 1 unspecified atom stereocenters. The molecule has 0 aromatic carbocycles. The molecule has 0 aromatic rings. The van der Waals surface area contributed by atoms with Gasteiger partial charge in [-0.3, -0.25) is 4.79 Å². The van der Waals surface area contributed by atoms with Gasteiger partial charge in [0, 0.05) is 20.2 Å². The first-order valence-electron chi connectivity index (χ1n) is 4.10. The molecule has 0 aliphatic carbocycles. The first-order chi connectivity index (χ1) is 5.98. The van der Waals surface area contributed by atoms with Crippen molar-refractivity contribution in [2.75, 3.05) is 20.2 Å². The van der Waals surface area contributed by atoms with Crippen LogP contribution in [0.25, 0.3) is 0 Å². The molecule has 0 bridgehead atoms. The number of carbonyl (C=O) groups is 1. The molecule has 0 saturated carbocycles. The molecule has 0 radical (unpaired) electrons. The normalized spacial score (nSPS) is 28.5. The van der Waals surface area contributed by atoms with Gasteiger partial charge in [-0.1, -0.05) is 0 Å². The van der Waals surface area contributed by atoms with Crippen LogP contribution in [-0.4, -0.2) is 43.0 Å². The van der Waals surface area contributed by atoms with Crippen molar-refractivity contribution in [3.05, 3.63) is 0 Å². The number of halogens is 2. The number of hydrogen-bond donors (Lipinski definition) is 0. The Kier molecular flexibility index (Phi) is 2.85. The molecule has 1 atom stereocenters. The van der Waals surface area contributed by atoms with Crippen molar-refractivity contribution in [2.45, 2.75) is 25.4 Å². The molecule has 1 saturated heterocycles. The van der Waals surface area contributed by atoms with Crippen LogP contribution in [0.15, 0.2) is 0 Å². The third-order valence-electron chi connectivity index (χ3n) is 2.43. The number of ether oxygens (including phenoxy) is 1. The predicted octanol–water partition coefficient (Wildman–Crippen LogP) is 0.889. The highest BCUT2D eigenvalue weighted by molar-refractivity contribution is 5.79. The third-order valence-corrected chi connectivity index (χ3v) is 2.43. The fourth-order valence-corrected chi connectivity index (χ4v) is 1.43. The van der Waals surface area contributed by atoms with Crippen molar-refractivity contribution in [1.29, 1.82) is 0 Å². The minimum absolute atomic E-state index is 0.257. The maximum Gasteiger partial charge on any atom is 0.315 e. The molecule has 76 valence electrons. The molecule has 0 aromatic heterocycles. The van der Waals surface area contributed by atoms with E-state index in [4.69, 9.17) is 4.74 Å². The van der Waals surface area contributed by atoms with Crippen LogP contribution < -0.4 is 0 Å². The summed E-state index contributed by atoms with van der Waals surface area (Å²) in [6, 6.07) is 0. The van der Waals surface area contributed by atoms with Gasteiger partial charge in [0.1, 0.15) is 0 Å². The lowest BCUT2D eigenvalue weighted by Gasteiger charge is -2.22. The highest BCUT2D eigenvalue weighted by Gasteiger charge is 2.38. The van der Waals surface area contributed by atoms with Crippen LogP contribution in [-0.2, 0) is 9.53 Å². The van der Waals surface area contributed by atoms with Crippen LogP contribution in [0.5, 0.6) is 0 Å². The zero-order valence-electron chi connectivity index (χ0n) is 7.72. The quantitative estimate of drug-likeness (QED) is 0.651. The second-order valence-corrected chi connectivity index (χ2v) is 3.46. The Balaban J connectivity index is 2.55. The third kappa shape index (κ3) is 2.15. The van der Waals surface area contributed by atoms with Gasteiger partial charge in [0.2, 0.25) is 0 Å². The summed E-state index contributed by atoms with van der Waals surface area (Å²) in [5.41, 5.74) is -0.454. The molecule has 1 amide bonds. The Hall–Kier alpha value is -0.710. The summed E-state index contributed by atoms with van der Waals surface area (Å²) in [6.45, 7) is 2.42. The highest BCUT2D eigenvalue weighted by atomic mass is 19.3. The summed E-state index contributed by atoms with van der Waals surface area (Å²) in [5.74, 6) is -1.10. The lowest BCUT2D eigenvalue weighted by atomic mass is 10.1. The van der Waals surface area contributed by atoms with Crippen LogP contribution in [0.2, 0.25) is 0 Å². The van der Waals surface area contributed by atoms with Crippen LogP contribution in [0.4, 0.5) is 8.78 Å². The number of methoxy groups -OCH3 is 1. The van der Waals surface area contributed by atoms with E-state index >= 15 is 0 Å². The summed E-state index contributed by atoms with van der Waals surface area (Å²) in [4.78, 5) is 12.0. The highest BCUT2D eigenvalue weighted by Crippen LogP contribution is 2.24. The number of carbonyl (C=O) groups excluding carboxylic acids is 1. The van der Waals surface area contributed by atoms with Gasteiger partial charge in [-0.05, 0) is 13.3 Å². The average Bonchev–Trinajstić information content (AvgIpc) is 2.47. The molecule has 3 nitrogen and oxygen atoms in total. The minimum Gasteiger partial charge on any atom is -0.377 e. The van der Waals surface area contributed by atoms with Crippen LogP contribution >= 0.6 is 0 Å². The van der Waals surface area contributed by atoms with Crippen LogP contribution in [0, 0.1) is 0 Å². The molecule has 13 heavy (non-hydrogen) atoms. The van der Waals surface area contributed by atoms with E-state index in [0.717, 1.165) is 4.90 Å². The summed E-state index contributed by atoms with van der Waals surface area (Å²) in [7, 11) is 1.52. The van der Waals surface area contributed by atoms with E-state index in [1.165, 1.54) is 7.11 Å². The zero-order valence-corrected chi connectivity index (χ0v) is 7.72. The topological polar surface area (TPSA) is 29.5 Å². The number of hydrogen-bond acceptors (Lipinski definition) is 2. The Labute approximate surface area is 75.7 Å². The van der Waals surface area contributed by atoms with E-state index in [1.54, 1.807) is 0 Å². The van der Waals surface area contributed by atoms with E-state index in [9.17, 15) is 13.6 Å². The van der Waals surface area contributed by atoms with Gasteiger partial charge in [-0.25, -0.2) is 0 Å². The SMILES string of the molecule is COC1(C)CCN(C(=O)C(F)F)C1. The van der Waals surface area contributed by atoms with E-state index in [2.05, 4.69) is 0 Å². The van der Waals surface area contributed by atoms with Gasteiger partial charge < -0.3 is 9.64 Å². The van der Waals surface area contributed by atoms with Gasteiger partial charge in [0.25, 0.3) is 5.91 Å². The summed E-state index contributed by atoms with van der Waals surface area (Å²) in [6.07, 6.45) is -2.29. The molecule has 0 spiro atoms. The Morgan fingerprint density at radius 2 is 2.23 bits per heavy atom. The smallest absolute Gasteiger partial charge is 0.315 e. The second kappa shape index (κ2) is 3.57. The van der Waals surface area contributed by atoms with Crippen molar-refractivity contribution in [3.63, 3.8) is 0 Å². The van der Waals surface area contributed by atoms with E-state index < -0.39 is 17.9 Å². The molecule has 1 heterocycles. The molecular weight excluding hydrogens is 180 g/mol. The van der Waals surface area contributed by atoms with Crippen molar-refractivity contribution in [3.8, 4) is 0 Å². The Morgan fingerprint density at radius 3 is 2.62 bits per heavy atom. The van der Waals surface area contributed by atoms with E-state index in [-0.39, 0.29) is 6.54 Å². The number of rotatable bonds is 2. The lowest BCUT2D eigenvalue weighted by Crippen LogP contribution is -2.38. The summed E-state index contributed by atoms with van der Waals surface area (Å²) in [5, 5.41) is 0. The fraction of sp³-hybridized carbons (Fsp3) is 0.875. The molecule has 5 heteroatoms. The molecular formula is C8H13F2NO2. The van der Waals surface area contributed by atoms with Crippen LogP contribution in [0.1, 0.15) is 13.3 Å². The molecule has 1 aliphatic heterocycles. The predicted molar refractivity (Wildman–Crippen MR) is 42.6 cm³/mol. The monoisotopic (exact) mass is 193 g/mol. The largest absolute Gasteiger partial charge is 0.377 e. The number of alkyl halides is 2. The average molecular weight is 193 g/mol. The second-order valence-electron chi connectivity index (χ2n) is 3.46. The van der Waals surface area contributed by atoms with E-state index in [1.807, 2.05) is 6.92 Å². The summed E-state index contributed by atoms with van der Waals surface area (Å²) >= 11 is 0. The zero-order chi connectivity index (χ0) is 10.1. The minimum atomic E-state index is -2.90. The Morgan fingerprint density at radius 1 is 1.62 bits per heavy atom.